The van der Waals surface area contributed by atoms with E-state index in [1.807, 2.05) is 37.3 Å². The number of nitrogens with zero attached hydrogens (tertiary/aromatic N) is 5. The van der Waals surface area contributed by atoms with Gasteiger partial charge in [0.25, 0.3) is 5.91 Å². The minimum atomic E-state index is -5.12. The molecule has 1 saturated heterocycles. The second-order valence-corrected chi connectivity index (χ2v) is 11.9. The van der Waals surface area contributed by atoms with Crippen LogP contribution in [0, 0.1) is 18.3 Å². The maximum Gasteiger partial charge on any atom is 0.471 e. The van der Waals surface area contributed by atoms with Crippen LogP contribution in [0.2, 0.25) is 0 Å². The highest BCUT2D eigenvalue weighted by Gasteiger charge is 2.44. The summed E-state index contributed by atoms with van der Waals surface area (Å²) in [6, 6.07) is 21.1. The number of aliphatic imine (C=N–C) groups is 1. The van der Waals surface area contributed by atoms with Gasteiger partial charge in [-0.15, -0.1) is 0 Å². The molecule has 226 valence electrons. The number of fused-ring (bicyclic) bond motifs is 1. The topological polar surface area (TPSA) is 80.0 Å². The first-order valence-electron chi connectivity index (χ1n) is 13.4. The molecule has 5 rings (SSSR count). The van der Waals surface area contributed by atoms with Crippen LogP contribution in [0.1, 0.15) is 23.1 Å². The number of benzene rings is 3. The fourth-order valence-corrected chi connectivity index (χ4v) is 7.02. The zero-order valence-electron chi connectivity index (χ0n) is 23.6. The summed E-state index contributed by atoms with van der Waals surface area (Å²) >= 11 is 2.36. The monoisotopic (exact) mass is 639 g/mol. The van der Waals surface area contributed by atoms with Crippen molar-refractivity contribution in [3.8, 4) is 6.07 Å². The Hall–Kier alpha value is -4.28. The standard InChI is InChI=1S/C31H25F4N5O2S2/c1-19-9-10-21(17-36)15-23(19)37-30-40(18-20-7-4-3-5-8-20)27(41)26(44-30)28-38(2)24-12-11-22(16-25(24)43-28)39(14-6-13-32)29(42)31(33,34)35/h3-5,7-12,15-16H,6,13-14,18H2,1-2H3/b28-26-,37-30?. The first-order valence-corrected chi connectivity index (χ1v) is 15.0. The number of aryl methyl sites for hydroxylation is 1. The van der Waals surface area contributed by atoms with E-state index in [4.69, 9.17) is 4.99 Å². The average molecular weight is 640 g/mol. The molecule has 7 nitrogen and oxygen atoms in total. The van der Waals surface area contributed by atoms with Crippen molar-refractivity contribution in [1.29, 1.82) is 5.26 Å². The largest absolute Gasteiger partial charge is 0.471 e. The van der Waals surface area contributed by atoms with Crippen molar-refractivity contribution in [2.24, 2.45) is 4.99 Å². The van der Waals surface area contributed by atoms with Crippen molar-refractivity contribution >= 4 is 57.6 Å². The molecule has 0 aromatic heterocycles. The first-order chi connectivity index (χ1) is 21.0. The van der Waals surface area contributed by atoms with E-state index in [9.17, 15) is 32.4 Å². The van der Waals surface area contributed by atoms with E-state index in [1.165, 1.54) is 35.7 Å². The zero-order chi connectivity index (χ0) is 31.6. The lowest BCUT2D eigenvalue weighted by Gasteiger charge is -2.24. The summed E-state index contributed by atoms with van der Waals surface area (Å²) < 4.78 is 52.9. The molecule has 0 aliphatic carbocycles. The van der Waals surface area contributed by atoms with Crippen molar-refractivity contribution in [2.45, 2.75) is 31.0 Å². The number of carbonyl (C=O) groups excluding carboxylic acids is 2. The third-order valence-electron chi connectivity index (χ3n) is 6.93. The van der Waals surface area contributed by atoms with Crippen LogP contribution in [0.25, 0.3) is 0 Å². The predicted molar refractivity (Wildman–Crippen MR) is 164 cm³/mol. The Balaban J connectivity index is 1.53. The van der Waals surface area contributed by atoms with E-state index in [0.29, 0.717) is 41.8 Å². The Morgan fingerprint density at radius 3 is 2.50 bits per heavy atom. The van der Waals surface area contributed by atoms with Gasteiger partial charge in [-0.25, -0.2) is 4.99 Å². The third kappa shape index (κ3) is 6.32. The second kappa shape index (κ2) is 12.8. The predicted octanol–water partition coefficient (Wildman–Crippen LogP) is 7.30. The van der Waals surface area contributed by atoms with E-state index >= 15 is 0 Å². The highest BCUT2D eigenvalue weighted by atomic mass is 32.2. The molecule has 13 heteroatoms. The fraction of sp³-hybridized carbons (Fsp3) is 0.226. The molecule has 2 aliphatic heterocycles. The van der Waals surface area contributed by atoms with Crippen LogP contribution in [0.5, 0.6) is 0 Å². The lowest BCUT2D eigenvalue weighted by molar-refractivity contribution is -0.170. The Bertz CT molecular complexity index is 1720. The molecule has 44 heavy (non-hydrogen) atoms. The van der Waals surface area contributed by atoms with Gasteiger partial charge in [-0.1, -0.05) is 48.2 Å². The van der Waals surface area contributed by atoms with Gasteiger partial charge in [0.2, 0.25) is 0 Å². The Morgan fingerprint density at radius 2 is 1.82 bits per heavy atom. The molecular formula is C31H25F4N5O2S2. The molecule has 0 bridgehead atoms. The molecule has 0 radical (unpaired) electrons. The van der Waals surface area contributed by atoms with Gasteiger partial charge in [-0.05, 0) is 66.6 Å². The van der Waals surface area contributed by atoms with E-state index in [1.54, 1.807) is 41.1 Å². The van der Waals surface area contributed by atoms with Crippen molar-refractivity contribution in [2.75, 3.05) is 30.1 Å². The molecule has 0 atom stereocenters. The summed E-state index contributed by atoms with van der Waals surface area (Å²) in [6.07, 6.45) is -5.37. The van der Waals surface area contributed by atoms with Gasteiger partial charge < -0.3 is 9.80 Å². The average Bonchev–Trinajstić information content (AvgIpc) is 3.49. The van der Waals surface area contributed by atoms with E-state index in [2.05, 4.69) is 6.07 Å². The van der Waals surface area contributed by atoms with Crippen LogP contribution in [0.3, 0.4) is 0 Å². The number of carbonyl (C=O) groups is 2. The van der Waals surface area contributed by atoms with Crippen LogP contribution >= 0.6 is 23.5 Å². The number of amides is 2. The highest BCUT2D eigenvalue weighted by Crippen LogP contribution is 2.51. The molecule has 0 N–H and O–H groups in total. The molecule has 0 saturated carbocycles. The molecule has 0 unspecified atom stereocenters. The van der Waals surface area contributed by atoms with Gasteiger partial charge in [0.05, 0.1) is 41.3 Å². The van der Waals surface area contributed by atoms with Gasteiger partial charge in [-0.3, -0.25) is 18.9 Å². The number of halogens is 4. The highest BCUT2D eigenvalue weighted by molar-refractivity contribution is 8.19. The summed E-state index contributed by atoms with van der Waals surface area (Å²) in [5.41, 5.74) is 3.30. The van der Waals surface area contributed by atoms with Gasteiger partial charge in [-0.2, -0.15) is 18.4 Å². The maximum atomic E-state index is 14.0. The first kappa shape index (κ1) is 31.2. The number of alkyl halides is 4. The maximum absolute atomic E-state index is 14.0. The summed E-state index contributed by atoms with van der Waals surface area (Å²) in [6.45, 7) is 0.798. The molecule has 1 fully saturated rings. The second-order valence-electron chi connectivity index (χ2n) is 9.93. The molecular weight excluding hydrogens is 614 g/mol. The normalized spacial score (nSPS) is 17.3. The number of anilines is 2. The minimum Gasteiger partial charge on any atom is -0.337 e. The van der Waals surface area contributed by atoms with Crippen LogP contribution in [0.4, 0.5) is 34.6 Å². The minimum absolute atomic E-state index is 0.0158. The smallest absolute Gasteiger partial charge is 0.337 e. The lowest BCUT2D eigenvalue weighted by Crippen LogP contribution is -2.42. The van der Waals surface area contributed by atoms with Crippen molar-refractivity contribution in [3.63, 3.8) is 0 Å². The fourth-order valence-electron chi connectivity index (χ4n) is 4.65. The molecule has 3 aromatic rings. The van der Waals surface area contributed by atoms with Crippen molar-refractivity contribution in [1.82, 2.24) is 4.90 Å². The third-order valence-corrected chi connectivity index (χ3v) is 9.34. The Labute approximate surface area is 259 Å². The number of rotatable bonds is 7. The quantitative estimate of drug-likeness (QED) is 0.200. The van der Waals surface area contributed by atoms with Crippen LogP contribution in [-0.2, 0) is 16.1 Å². The number of thioether (sulfide) groups is 2. The summed E-state index contributed by atoms with van der Waals surface area (Å²) in [5.74, 6) is -2.37. The van der Waals surface area contributed by atoms with Gasteiger partial charge in [0.1, 0.15) is 4.91 Å². The number of hydrogen-bond acceptors (Lipinski definition) is 7. The van der Waals surface area contributed by atoms with Gasteiger partial charge in [0.15, 0.2) is 5.17 Å². The lowest BCUT2D eigenvalue weighted by atomic mass is 10.1. The molecule has 2 amide bonds. The molecule has 3 aromatic carbocycles. The van der Waals surface area contributed by atoms with E-state index in [0.717, 1.165) is 11.1 Å². The van der Waals surface area contributed by atoms with Crippen LogP contribution in [0.15, 0.2) is 86.6 Å². The Kier molecular flexibility index (Phi) is 9.03. The number of hydrogen-bond donors (Lipinski definition) is 0. The van der Waals surface area contributed by atoms with Gasteiger partial charge >= 0.3 is 12.1 Å². The van der Waals surface area contributed by atoms with Crippen LogP contribution in [-0.4, -0.2) is 48.3 Å². The Morgan fingerprint density at radius 1 is 1.07 bits per heavy atom. The summed E-state index contributed by atoms with van der Waals surface area (Å²) in [7, 11) is 1.74. The van der Waals surface area contributed by atoms with Crippen LogP contribution < -0.4 is 9.80 Å². The van der Waals surface area contributed by atoms with Crippen molar-refractivity contribution < 1.29 is 27.2 Å². The summed E-state index contributed by atoms with van der Waals surface area (Å²) in [5, 5.41) is 10.4. The summed E-state index contributed by atoms with van der Waals surface area (Å²) in [4.78, 5) is 35.7. The number of amidine groups is 1. The molecule has 2 heterocycles. The van der Waals surface area contributed by atoms with Crippen molar-refractivity contribution in [3.05, 3.63) is 93.4 Å². The van der Waals surface area contributed by atoms with E-state index < -0.39 is 25.3 Å². The molecule has 2 aliphatic rings. The number of nitriles is 1. The van der Waals surface area contributed by atoms with E-state index in [-0.39, 0.29) is 24.6 Å². The van der Waals surface area contributed by atoms with Gasteiger partial charge in [0, 0.05) is 24.2 Å². The zero-order valence-corrected chi connectivity index (χ0v) is 25.2. The molecule has 0 spiro atoms. The SMILES string of the molecule is Cc1ccc(C#N)cc1N=C1S/C(=C2\Sc3cc(N(CCCF)C(=O)C(F)(F)F)ccc3N2C)C(=O)N1Cc1ccccc1.